The normalized spacial score (nSPS) is 25.0. The van der Waals surface area contributed by atoms with Gasteiger partial charge < -0.3 is 20.5 Å². The largest absolute Gasteiger partial charge is 0.497 e. The molecule has 2 unspecified atom stereocenters. The van der Waals surface area contributed by atoms with Crippen molar-refractivity contribution >= 4 is 5.69 Å². The summed E-state index contributed by atoms with van der Waals surface area (Å²) in [6.45, 7) is 1.06. The smallest absolute Gasteiger partial charge is 0.119 e. The van der Waals surface area contributed by atoms with Gasteiger partial charge in [-0.1, -0.05) is 6.08 Å². The van der Waals surface area contributed by atoms with E-state index in [4.69, 9.17) is 10.5 Å². The number of fused-ring (bicyclic) bond motifs is 1. The summed E-state index contributed by atoms with van der Waals surface area (Å²) in [6.07, 6.45) is 6.14. The number of methoxy groups -OCH3 is 1. The summed E-state index contributed by atoms with van der Waals surface area (Å²) in [5.74, 6) is 1.61. The van der Waals surface area contributed by atoms with Crippen molar-refractivity contribution < 1.29 is 9.84 Å². The molecule has 2 atom stereocenters. The molecule has 1 aliphatic heterocycles. The highest BCUT2D eigenvalue weighted by Gasteiger charge is 2.32. The van der Waals surface area contributed by atoms with Crippen LogP contribution in [-0.4, -0.2) is 25.4 Å². The molecule has 1 saturated heterocycles. The maximum Gasteiger partial charge on any atom is 0.119 e. The molecular weight excluding hydrogens is 264 g/mol. The molecule has 1 aromatic rings. The predicted octanol–water partition coefficient (Wildman–Crippen LogP) is 2.26. The average Bonchev–Trinajstić information content (AvgIpc) is 2.54. The zero-order valence-corrected chi connectivity index (χ0v) is 12.3. The summed E-state index contributed by atoms with van der Waals surface area (Å²) in [5.41, 5.74) is 9.21. The van der Waals surface area contributed by atoms with Gasteiger partial charge in [0.25, 0.3) is 0 Å². The highest BCUT2D eigenvalue weighted by Crippen LogP contribution is 2.39. The number of aliphatic hydroxyl groups excluding tert-OH is 1. The van der Waals surface area contributed by atoms with E-state index in [-0.39, 0.29) is 6.61 Å². The van der Waals surface area contributed by atoms with E-state index in [1.807, 2.05) is 12.1 Å². The fourth-order valence-corrected chi connectivity index (χ4v) is 3.25. The Labute approximate surface area is 125 Å². The lowest BCUT2D eigenvalue weighted by Crippen LogP contribution is -2.41. The first-order valence-corrected chi connectivity index (χ1v) is 7.41. The van der Waals surface area contributed by atoms with Gasteiger partial charge >= 0.3 is 0 Å². The highest BCUT2D eigenvalue weighted by atomic mass is 16.5. The summed E-state index contributed by atoms with van der Waals surface area (Å²) in [6, 6.07) is 8.06. The summed E-state index contributed by atoms with van der Waals surface area (Å²) < 4.78 is 5.22. The molecule has 0 aromatic heterocycles. The van der Waals surface area contributed by atoms with Gasteiger partial charge in [0.1, 0.15) is 5.75 Å². The van der Waals surface area contributed by atoms with E-state index in [2.05, 4.69) is 29.2 Å². The van der Waals surface area contributed by atoms with Crippen LogP contribution in [0, 0.1) is 11.8 Å². The standard InChI is InChI=1S/C17H22N2O2/c1-21-16-6-4-15(5-7-16)19-10-12(11-20)8-13-2-3-14(18)9-17(13)19/h3-7,9,12-13,20H,2,8,10-11,18H2,1H3. The van der Waals surface area contributed by atoms with Crippen LogP contribution < -0.4 is 15.4 Å². The van der Waals surface area contributed by atoms with Crippen LogP contribution in [0.1, 0.15) is 12.8 Å². The van der Waals surface area contributed by atoms with Gasteiger partial charge in [-0.3, -0.25) is 0 Å². The molecule has 0 saturated carbocycles. The van der Waals surface area contributed by atoms with E-state index >= 15 is 0 Å². The number of allylic oxidation sites excluding steroid dienone is 3. The number of nitrogens with zero attached hydrogens (tertiary/aromatic N) is 1. The van der Waals surface area contributed by atoms with Crippen LogP contribution >= 0.6 is 0 Å². The fraction of sp³-hybridized carbons (Fsp3) is 0.412. The van der Waals surface area contributed by atoms with Gasteiger partial charge in [-0.25, -0.2) is 0 Å². The summed E-state index contributed by atoms with van der Waals surface area (Å²) in [4.78, 5) is 2.29. The van der Waals surface area contributed by atoms with Crippen molar-refractivity contribution in [2.24, 2.45) is 17.6 Å². The summed E-state index contributed by atoms with van der Waals surface area (Å²) in [5, 5.41) is 9.57. The Bertz CT molecular complexity index is 563. The van der Waals surface area contributed by atoms with Gasteiger partial charge in [-0.15, -0.1) is 0 Å². The fourth-order valence-electron chi connectivity index (χ4n) is 3.25. The van der Waals surface area contributed by atoms with Crippen molar-refractivity contribution in [3.05, 3.63) is 47.8 Å². The van der Waals surface area contributed by atoms with Crippen LogP contribution in [0.25, 0.3) is 0 Å². The first-order valence-electron chi connectivity index (χ1n) is 7.41. The zero-order chi connectivity index (χ0) is 14.8. The van der Waals surface area contributed by atoms with Crippen LogP contribution in [0.3, 0.4) is 0 Å². The lowest BCUT2D eigenvalue weighted by Gasteiger charge is -2.42. The molecule has 0 amide bonds. The maximum absolute atomic E-state index is 9.57. The molecule has 4 nitrogen and oxygen atoms in total. The average molecular weight is 286 g/mol. The van der Waals surface area contributed by atoms with Crippen molar-refractivity contribution in [3.8, 4) is 5.75 Å². The molecule has 1 aliphatic carbocycles. The Morgan fingerprint density at radius 3 is 2.76 bits per heavy atom. The van der Waals surface area contributed by atoms with Crippen molar-refractivity contribution in [2.75, 3.05) is 25.2 Å². The molecule has 1 heterocycles. The van der Waals surface area contributed by atoms with Crippen LogP contribution in [0.2, 0.25) is 0 Å². The third kappa shape index (κ3) is 2.76. The van der Waals surface area contributed by atoms with Gasteiger partial charge in [0.2, 0.25) is 0 Å². The molecule has 0 bridgehead atoms. The third-order valence-corrected chi connectivity index (χ3v) is 4.38. The lowest BCUT2D eigenvalue weighted by atomic mass is 9.82. The number of hydrogen-bond donors (Lipinski definition) is 2. The molecule has 1 aromatic carbocycles. The Kier molecular flexibility index (Phi) is 3.88. The van der Waals surface area contributed by atoms with Crippen molar-refractivity contribution in [1.29, 1.82) is 0 Å². The monoisotopic (exact) mass is 286 g/mol. The minimum atomic E-state index is 0.232. The SMILES string of the molecule is COc1ccc(N2CC(CO)CC3CC=C(N)C=C32)cc1. The van der Waals surface area contributed by atoms with Gasteiger partial charge in [0, 0.05) is 42.1 Å². The molecule has 0 radical (unpaired) electrons. The van der Waals surface area contributed by atoms with Crippen LogP contribution in [0.15, 0.2) is 47.8 Å². The van der Waals surface area contributed by atoms with Gasteiger partial charge in [-0.05, 0) is 43.2 Å². The molecular formula is C17H22N2O2. The molecule has 3 N–H and O–H groups in total. The number of anilines is 1. The number of benzene rings is 1. The quantitative estimate of drug-likeness (QED) is 0.895. The molecule has 1 fully saturated rings. The predicted molar refractivity (Wildman–Crippen MR) is 84.0 cm³/mol. The van der Waals surface area contributed by atoms with E-state index in [0.29, 0.717) is 11.8 Å². The van der Waals surface area contributed by atoms with Crippen LogP contribution in [-0.2, 0) is 0 Å². The number of nitrogens with two attached hydrogens (primary N) is 1. The van der Waals surface area contributed by atoms with E-state index in [1.165, 1.54) is 5.70 Å². The number of hydrogen-bond acceptors (Lipinski definition) is 4. The van der Waals surface area contributed by atoms with Crippen molar-refractivity contribution in [1.82, 2.24) is 0 Å². The Balaban J connectivity index is 1.93. The van der Waals surface area contributed by atoms with E-state index < -0.39 is 0 Å². The third-order valence-electron chi connectivity index (χ3n) is 4.38. The Hall–Kier alpha value is -1.94. The first kappa shape index (κ1) is 14.0. The second kappa shape index (κ2) is 5.82. The number of ether oxygens (including phenoxy) is 1. The minimum Gasteiger partial charge on any atom is -0.497 e. The second-order valence-corrected chi connectivity index (χ2v) is 5.80. The first-order chi connectivity index (χ1) is 10.2. The summed E-state index contributed by atoms with van der Waals surface area (Å²) >= 11 is 0. The molecule has 3 rings (SSSR count). The molecule has 4 heteroatoms. The van der Waals surface area contributed by atoms with E-state index in [9.17, 15) is 5.11 Å². The van der Waals surface area contributed by atoms with Gasteiger partial charge in [-0.2, -0.15) is 0 Å². The number of piperidine rings is 1. The van der Waals surface area contributed by atoms with Gasteiger partial charge in [0.05, 0.1) is 7.11 Å². The van der Waals surface area contributed by atoms with Crippen molar-refractivity contribution in [3.63, 3.8) is 0 Å². The van der Waals surface area contributed by atoms with Crippen molar-refractivity contribution in [2.45, 2.75) is 12.8 Å². The minimum absolute atomic E-state index is 0.232. The van der Waals surface area contributed by atoms with E-state index in [0.717, 1.165) is 36.5 Å². The molecule has 112 valence electrons. The second-order valence-electron chi connectivity index (χ2n) is 5.80. The maximum atomic E-state index is 9.57. The topological polar surface area (TPSA) is 58.7 Å². The molecule has 21 heavy (non-hydrogen) atoms. The lowest BCUT2D eigenvalue weighted by molar-refractivity contribution is 0.196. The zero-order valence-electron chi connectivity index (χ0n) is 12.3. The van der Waals surface area contributed by atoms with Crippen LogP contribution in [0.4, 0.5) is 5.69 Å². The van der Waals surface area contributed by atoms with Crippen LogP contribution in [0.5, 0.6) is 5.75 Å². The Morgan fingerprint density at radius 2 is 2.10 bits per heavy atom. The number of aliphatic hydroxyl groups is 1. The van der Waals surface area contributed by atoms with E-state index in [1.54, 1.807) is 7.11 Å². The molecule has 2 aliphatic rings. The Morgan fingerprint density at radius 1 is 1.33 bits per heavy atom. The summed E-state index contributed by atoms with van der Waals surface area (Å²) in [7, 11) is 1.67. The number of rotatable bonds is 3. The molecule has 0 spiro atoms. The van der Waals surface area contributed by atoms with Gasteiger partial charge in [0.15, 0.2) is 0 Å². The highest BCUT2D eigenvalue weighted by molar-refractivity contribution is 5.56.